The fourth-order valence-electron chi connectivity index (χ4n) is 4.00. The zero-order chi connectivity index (χ0) is 23.3. The number of ether oxygens (including phenoxy) is 1. The van der Waals surface area contributed by atoms with E-state index in [1.807, 2.05) is 24.3 Å². The Kier molecular flexibility index (Phi) is 7.90. The second-order valence-electron chi connectivity index (χ2n) is 7.88. The van der Waals surface area contributed by atoms with Crippen molar-refractivity contribution in [3.8, 4) is 5.75 Å². The van der Waals surface area contributed by atoms with Gasteiger partial charge in [-0.3, -0.25) is 9.10 Å². The second kappa shape index (κ2) is 10.4. The quantitative estimate of drug-likeness (QED) is 0.602. The van der Waals surface area contributed by atoms with E-state index in [1.54, 1.807) is 19.1 Å². The molecule has 1 fully saturated rings. The third-order valence-electron chi connectivity index (χ3n) is 5.56. The summed E-state index contributed by atoms with van der Waals surface area (Å²) in [5, 5.41) is 3.21. The van der Waals surface area contributed by atoms with Gasteiger partial charge < -0.3 is 15.0 Å². The SMILES string of the molecule is CCC(C(=O)Nc1ccc(N2CCCCC2)cc1)N(c1cc(Cl)ccc1OC)S(C)(=O)=O. The molecule has 1 aliphatic rings. The van der Waals surface area contributed by atoms with Crippen molar-refractivity contribution in [1.29, 1.82) is 0 Å². The Hall–Kier alpha value is -2.45. The molecule has 0 saturated carbocycles. The number of nitrogens with zero attached hydrogens (tertiary/aromatic N) is 2. The van der Waals surface area contributed by atoms with Crippen molar-refractivity contribution in [3.05, 3.63) is 47.5 Å². The number of carbonyl (C=O) groups is 1. The van der Waals surface area contributed by atoms with Gasteiger partial charge >= 0.3 is 0 Å². The molecular weight excluding hydrogens is 450 g/mol. The normalized spacial score (nSPS) is 15.2. The van der Waals surface area contributed by atoms with Crippen LogP contribution in [0.5, 0.6) is 5.75 Å². The van der Waals surface area contributed by atoms with Crippen LogP contribution >= 0.6 is 11.6 Å². The summed E-state index contributed by atoms with van der Waals surface area (Å²) in [4.78, 5) is 15.5. The van der Waals surface area contributed by atoms with Crippen molar-refractivity contribution in [1.82, 2.24) is 0 Å². The predicted octanol–water partition coefficient (Wildman–Crippen LogP) is 4.52. The summed E-state index contributed by atoms with van der Waals surface area (Å²) in [5.74, 6) is -0.109. The van der Waals surface area contributed by atoms with Crippen LogP contribution in [0.2, 0.25) is 5.02 Å². The van der Waals surface area contributed by atoms with E-state index in [1.165, 1.54) is 32.4 Å². The molecule has 1 amide bonds. The molecule has 0 aromatic heterocycles. The summed E-state index contributed by atoms with van der Waals surface area (Å²) in [6.45, 7) is 3.84. The first-order valence-electron chi connectivity index (χ1n) is 10.7. The first-order valence-corrected chi connectivity index (χ1v) is 13.0. The number of amides is 1. The molecule has 1 atom stereocenters. The topological polar surface area (TPSA) is 79.0 Å². The number of methoxy groups -OCH3 is 1. The number of carbonyl (C=O) groups excluding carboxylic acids is 1. The van der Waals surface area contributed by atoms with Gasteiger partial charge in [0.15, 0.2) is 0 Å². The van der Waals surface area contributed by atoms with E-state index in [0.717, 1.165) is 29.3 Å². The van der Waals surface area contributed by atoms with Gasteiger partial charge in [0.1, 0.15) is 11.8 Å². The third kappa shape index (κ3) is 5.66. The molecule has 0 spiro atoms. The van der Waals surface area contributed by atoms with Crippen LogP contribution in [0.4, 0.5) is 17.1 Å². The minimum atomic E-state index is -3.81. The van der Waals surface area contributed by atoms with Gasteiger partial charge in [0.2, 0.25) is 15.9 Å². The number of hydrogen-bond acceptors (Lipinski definition) is 5. The van der Waals surface area contributed by atoms with Crippen LogP contribution in [0.1, 0.15) is 32.6 Å². The molecule has 7 nitrogen and oxygen atoms in total. The number of rotatable bonds is 8. The molecule has 1 aliphatic heterocycles. The molecule has 1 unspecified atom stereocenters. The van der Waals surface area contributed by atoms with Gasteiger partial charge in [-0.05, 0) is 68.1 Å². The third-order valence-corrected chi connectivity index (χ3v) is 6.96. The lowest BCUT2D eigenvalue weighted by molar-refractivity contribution is -0.117. The molecule has 0 aliphatic carbocycles. The average molecular weight is 480 g/mol. The van der Waals surface area contributed by atoms with Gasteiger partial charge in [0.25, 0.3) is 0 Å². The molecule has 32 heavy (non-hydrogen) atoms. The maximum absolute atomic E-state index is 13.2. The maximum Gasteiger partial charge on any atom is 0.248 e. The highest BCUT2D eigenvalue weighted by molar-refractivity contribution is 7.92. The van der Waals surface area contributed by atoms with E-state index in [-0.39, 0.29) is 12.1 Å². The summed E-state index contributed by atoms with van der Waals surface area (Å²) >= 11 is 6.12. The van der Waals surface area contributed by atoms with Crippen LogP contribution in [0.3, 0.4) is 0 Å². The minimum absolute atomic E-state index is 0.227. The summed E-state index contributed by atoms with van der Waals surface area (Å²) in [6, 6.07) is 11.4. The van der Waals surface area contributed by atoms with E-state index in [4.69, 9.17) is 16.3 Å². The monoisotopic (exact) mass is 479 g/mol. The lowest BCUT2D eigenvalue weighted by atomic mass is 10.1. The Bertz CT molecular complexity index is 1040. The number of nitrogens with one attached hydrogen (secondary N) is 1. The molecule has 2 aromatic rings. The molecule has 2 aromatic carbocycles. The zero-order valence-corrected chi connectivity index (χ0v) is 20.2. The highest BCUT2D eigenvalue weighted by Crippen LogP contribution is 2.35. The first-order chi connectivity index (χ1) is 15.2. The molecule has 9 heteroatoms. The predicted molar refractivity (Wildman–Crippen MR) is 131 cm³/mol. The molecule has 1 heterocycles. The zero-order valence-electron chi connectivity index (χ0n) is 18.7. The van der Waals surface area contributed by atoms with Crippen molar-refractivity contribution in [2.45, 2.75) is 38.6 Å². The molecule has 1 saturated heterocycles. The van der Waals surface area contributed by atoms with E-state index in [9.17, 15) is 13.2 Å². The number of sulfonamides is 1. The summed E-state index contributed by atoms with van der Waals surface area (Å²) in [7, 11) is -2.37. The first kappa shape index (κ1) is 24.2. The summed E-state index contributed by atoms with van der Waals surface area (Å²) < 4.78 is 31.9. The fraction of sp³-hybridized carbons (Fsp3) is 0.435. The lowest BCUT2D eigenvalue weighted by Gasteiger charge is -2.31. The van der Waals surface area contributed by atoms with Crippen molar-refractivity contribution in [3.63, 3.8) is 0 Å². The van der Waals surface area contributed by atoms with Crippen LogP contribution in [0.25, 0.3) is 0 Å². The second-order valence-corrected chi connectivity index (χ2v) is 10.2. The van der Waals surface area contributed by atoms with Crippen LogP contribution < -0.4 is 19.3 Å². The van der Waals surface area contributed by atoms with E-state index >= 15 is 0 Å². The lowest BCUT2D eigenvalue weighted by Crippen LogP contribution is -2.47. The average Bonchev–Trinajstić information content (AvgIpc) is 2.77. The molecule has 174 valence electrons. The van der Waals surface area contributed by atoms with Gasteiger partial charge in [-0.25, -0.2) is 8.42 Å². The largest absolute Gasteiger partial charge is 0.495 e. The van der Waals surface area contributed by atoms with Gasteiger partial charge in [0.05, 0.1) is 19.1 Å². The van der Waals surface area contributed by atoms with E-state index < -0.39 is 22.0 Å². The van der Waals surface area contributed by atoms with Gasteiger partial charge in [-0.2, -0.15) is 0 Å². The highest BCUT2D eigenvalue weighted by atomic mass is 35.5. The molecular formula is C23H30ClN3O4S. The van der Waals surface area contributed by atoms with Crippen molar-refractivity contribution in [2.24, 2.45) is 0 Å². The molecule has 3 rings (SSSR count). The Morgan fingerprint density at radius 3 is 2.38 bits per heavy atom. The van der Waals surface area contributed by atoms with Crippen LogP contribution in [0, 0.1) is 0 Å². The maximum atomic E-state index is 13.2. The number of benzene rings is 2. The Balaban J connectivity index is 1.85. The smallest absolute Gasteiger partial charge is 0.248 e. The number of anilines is 3. The van der Waals surface area contributed by atoms with E-state index in [2.05, 4.69) is 10.2 Å². The Morgan fingerprint density at radius 2 is 1.81 bits per heavy atom. The molecule has 0 bridgehead atoms. The Labute approximate surface area is 195 Å². The number of piperidine rings is 1. The summed E-state index contributed by atoms with van der Waals surface area (Å²) in [6.07, 6.45) is 4.96. The molecule has 1 N–H and O–H groups in total. The van der Waals surface area contributed by atoms with E-state index in [0.29, 0.717) is 16.5 Å². The minimum Gasteiger partial charge on any atom is -0.495 e. The van der Waals surface area contributed by atoms with Gasteiger partial charge in [0, 0.05) is 29.5 Å². The standard InChI is InChI=1S/C23H30ClN3O4S/c1-4-20(27(32(3,29)30)21-16-17(24)8-13-22(21)31-2)23(28)25-18-9-11-19(12-10-18)26-14-6-5-7-15-26/h8-13,16,20H,4-7,14-15H2,1-3H3,(H,25,28). The Morgan fingerprint density at radius 1 is 1.16 bits per heavy atom. The van der Waals surface area contributed by atoms with Crippen LogP contribution in [0.15, 0.2) is 42.5 Å². The summed E-state index contributed by atoms with van der Waals surface area (Å²) in [5.41, 5.74) is 1.96. The van der Waals surface area contributed by atoms with Crippen molar-refractivity contribution < 1.29 is 17.9 Å². The number of halogens is 1. The fourth-order valence-corrected chi connectivity index (χ4v) is 5.38. The van der Waals surface area contributed by atoms with Crippen molar-refractivity contribution >= 4 is 44.6 Å². The highest BCUT2D eigenvalue weighted by Gasteiger charge is 2.33. The number of hydrogen-bond donors (Lipinski definition) is 1. The van der Waals surface area contributed by atoms with Gasteiger partial charge in [-0.15, -0.1) is 0 Å². The molecule has 0 radical (unpaired) electrons. The van der Waals surface area contributed by atoms with Gasteiger partial charge in [-0.1, -0.05) is 18.5 Å². The van der Waals surface area contributed by atoms with Crippen LogP contribution in [-0.4, -0.2) is 46.8 Å². The van der Waals surface area contributed by atoms with Crippen molar-refractivity contribution in [2.75, 3.05) is 41.0 Å². The van der Waals surface area contributed by atoms with Crippen LogP contribution in [-0.2, 0) is 14.8 Å².